The van der Waals surface area contributed by atoms with Crippen LogP contribution in [0.1, 0.15) is 41.0 Å². The minimum absolute atomic E-state index is 0.00453. The van der Waals surface area contributed by atoms with E-state index in [1.807, 2.05) is 20.9 Å². The van der Waals surface area contributed by atoms with Crippen molar-refractivity contribution in [3.8, 4) is 0 Å². The number of nitrogens with zero attached hydrogens (tertiary/aromatic N) is 3. The van der Waals surface area contributed by atoms with Crippen molar-refractivity contribution in [1.82, 2.24) is 20.0 Å². The van der Waals surface area contributed by atoms with Crippen LogP contribution in [0.15, 0.2) is 0 Å². The zero-order chi connectivity index (χ0) is 16.1. The highest BCUT2D eigenvalue weighted by molar-refractivity contribution is 5.94. The molecule has 4 rings (SSSR count). The molecule has 126 valence electrons. The van der Waals surface area contributed by atoms with Gasteiger partial charge in [0.15, 0.2) is 0 Å². The molecule has 6 heteroatoms. The van der Waals surface area contributed by atoms with Gasteiger partial charge in [-0.25, -0.2) is 0 Å². The van der Waals surface area contributed by atoms with Crippen molar-refractivity contribution in [1.29, 1.82) is 0 Å². The molecule has 1 amide bonds. The van der Waals surface area contributed by atoms with Gasteiger partial charge in [-0.15, -0.1) is 0 Å². The number of ether oxygens (including phenoxy) is 1. The molecule has 1 aromatic rings. The second-order valence-corrected chi connectivity index (χ2v) is 7.41. The first-order valence-corrected chi connectivity index (χ1v) is 8.69. The topological polar surface area (TPSA) is 59.4 Å². The highest BCUT2D eigenvalue weighted by Crippen LogP contribution is 2.37. The third kappa shape index (κ3) is 2.78. The Morgan fingerprint density at radius 2 is 2.09 bits per heavy atom. The van der Waals surface area contributed by atoms with Crippen LogP contribution in [0.25, 0.3) is 0 Å². The Bertz CT molecular complexity index is 622. The summed E-state index contributed by atoms with van der Waals surface area (Å²) in [5, 5.41) is 7.55. The summed E-state index contributed by atoms with van der Waals surface area (Å²) in [6.45, 7) is 6.70. The van der Waals surface area contributed by atoms with Gasteiger partial charge in [-0.05, 0) is 39.0 Å². The van der Waals surface area contributed by atoms with Gasteiger partial charge in [0, 0.05) is 37.8 Å². The molecule has 0 radical (unpaired) electrons. The molecular formula is C17H26N4O2. The molecule has 23 heavy (non-hydrogen) atoms. The summed E-state index contributed by atoms with van der Waals surface area (Å²) in [5.41, 5.74) is 2.57. The van der Waals surface area contributed by atoms with Crippen LogP contribution in [0, 0.1) is 19.8 Å². The van der Waals surface area contributed by atoms with Crippen LogP contribution >= 0.6 is 0 Å². The Morgan fingerprint density at radius 3 is 2.74 bits per heavy atom. The summed E-state index contributed by atoms with van der Waals surface area (Å²) < 4.78 is 7.72. The summed E-state index contributed by atoms with van der Waals surface area (Å²) in [6.07, 6.45) is 4.05. The number of aryl methyl sites for hydroxylation is 2. The third-order valence-electron chi connectivity index (χ3n) is 5.66. The predicted octanol–water partition coefficient (Wildman–Crippen LogP) is 1.02. The standard InChI is InChI=1S/C17H26N4O2/c1-10-11(2)19-20(3)16(10)17(22)18-13-6-14-9-23-15(12-4-5-12)8-21(14)7-13/h12-15H,4-9H2,1-3H3,(H,18,22)/t13-,14-,15+/m0/s1. The smallest absolute Gasteiger partial charge is 0.270 e. The molecule has 2 saturated heterocycles. The van der Waals surface area contributed by atoms with Crippen molar-refractivity contribution in [2.75, 3.05) is 19.7 Å². The van der Waals surface area contributed by atoms with Gasteiger partial charge in [0.05, 0.1) is 18.4 Å². The number of aromatic nitrogens is 2. The molecule has 1 saturated carbocycles. The Labute approximate surface area is 137 Å². The van der Waals surface area contributed by atoms with Crippen LogP contribution in [-0.4, -0.2) is 58.5 Å². The summed E-state index contributed by atoms with van der Waals surface area (Å²) in [6, 6.07) is 0.674. The van der Waals surface area contributed by atoms with Crippen molar-refractivity contribution in [3.05, 3.63) is 17.0 Å². The fourth-order valence-electron chi connectivity index (χ4n) is 4.09. The number of carbonyl (C=O) groups excluding carboxylic acids is 1. The number of hydrogen-bond donors (Lipinski definition) is 1. The molecule has 1 aromatic heterocycles. The molecule has 3 heterocycles. The van der Waals surface area contributed by atoms with Gasteiger partial charge in [0.25, 0.3) is 5.91 Å². The molecule has 1 N–H and O–H groups in total. The fraction of sp³-hybridized carbons (Fsp3) is 0.765. The Hall–Kier alpha value is -1.40. The number of fused-ring (bicyclic) bond motifs is 1. The van der Waals surface area contributed by atoms with E-state index in [2.05, 4.69) is 15.3 Å². The highest BCUT2D eigenvalue weighted by Gasteiger charge is 2.42. The first-order valence-electron chi connectivity index (χ1n) is 8.69. The average Bonchev–Trinajstić information content (AvgIpc) is 3.21. The lowest BCUT2D eigenvalue weighted by Gasteiger charge is -2.35. The van der Waals surface area contributed by atoms with E-state index in [1.54, 1.807) is 4.68 Å². The maximum Gasteiger partial charge on any atom is 0.270 e. The van der Waals surface area contributed by atoms with E-state index in [1.165, 1.54) is 12.8 Å². The summed E-state index contributed by atoms with van der Waals surface area (Å²) >= 11 is 0. The van der Waals surface area contributed by atoms with Gasteiger partial charge in [-0.1, -0.05) is 0 Å². The van der Waals surface area contributed by atoms with Gasteiger partial charge >= 0.3 is 0 Å². The lowest BCUT2D eigenvalue weighted by molar-refractivity contribution is -0.0581. The van der Waals surface area contributed by atoms with Crippen molar-refractivity contribution in [2.45, 2.75) is 51.3 Å². The van der Waals surface area contributed by atoms with Gasteiger partial charge in [-0.3, -0.25) is 14.4 Å². The molecule has 0 aromatic carbocycles. The van der Waals surface area contributed by atoms with Crippen LogP contribution < -0.4 is 5.32 Å². The molecule has 3 aliphatic rings. The monoisotopic (exact) mass is 318 g/mol. The van der Waals surface area contributed by atoms with Crippen LogP contribution in [0.2, 0.25) is 0 Å². The van der Waals surface area contributed by atoms with E-state index in [0.29, 0.717) is 17.8 Å². The summed E-state index contributed by atoms with van der Waals surface area (Å²) in [5.74, 6) is 0.778. The van der Waals surface area contributed by atoms with Gasteiger partial charge in [-0.2, -0.15) is 5.10 Å². The number of rotatable bonds is 3. The number of nitrogens with one attached hydrogen (secondary N) is 1. The van der Waals surface area contributed by atoms with Gasteiger partial charge in [0.1, 0.15) is 5.69 Å². The van der Waals surface area contributed by atoms with Crippen molar-refractivity contribution >= 4 is 5.91 Å². The molecule has 6 nitrogen and oxygen atoms in total. The fourth-order valence-corrected chi connectivity index (χ4v) is 4.09. The van der Waals surface area contributed by atoms with E-state index < -0.39 is 0 Å². The lowest BCUT2D eigenvalue weighted by atomic mass is 10.1. The molecule has 0 bridgehead atoms. The number of hydrogen-bond acceptors (Lipinski definition) is 4. The van der Waals surface area contributed by atoms with Crippen molar-refractivity contribution in [3.63, 3.8) is 0 Å². The average molecular weight is 318 g/mol. The number of amides is 1. The van der Waals surface area contributed by atoms with Crippen LogP contribution in [-0.2, 0) is 11.8 Å². The van der Waals surface area contributed by atoms with E-state index in [9.17, 15) is 4.79 Å². The quantitative estimate of drug-likeness (QED) is 0.904. The second-order valence-electron chi connectivity index (χ2n) is 7.41. The number of carbonyl (C=O) groups is 1. The van der Waals surface area contributed by atoms with Crippen LogP contribution in [0.4, 0.5) is 0 Å². The molecular weight excluding hydrogens is 292 g/mol. The lowest BCUT2D eigenvalue weighted by Crippen LogP contribution is -2.47. The zero-order valence-electron chi connectivity index (χ0n) is 14.2. The third-order valence-corrected chi connectivity index (χ3v) is 5.66. The summed E-state index contributed by atoms with van der Waals surface area (Å²) in [7, 11) is 1.83. The summed E-state index contributed by atoms with van der Waals surface area (Å²) in [4.78, 5) is 15.1. The van der Waals surface area contributed by atoms with Gasteiger partial charge < -0.3 is 10.1 Å². The Kier molecular flexibility index (Phi) is 3.69. The largest absolute Gasteiger partial charge is 0.375 e. The first kappa shape index (κ1) is 15.1. The van der Waals surface area contributed by atoms with Crippen molar-refractivity contribution in [2.24, 2.45) is 13.0 Å². The normalized spacial score (nSPS) is 31.2. The highest BCUT2D eigenvalue weighted by atomic mass is 16.5. The predicted molar refractivity (Wildman–Crippen MR) is 86.4 cm³/mol. The van der Waals surface area contributed by atoms with Crippen molar-refractivity contribution < 1.29 is 9.53 Å². The SMILES string of the molecule is Cc1nn(C)c(C(=O)N[C@H]2C[C@H]3CO[C@@H](C4CC4)CN3C2)c1C. The van der Waals surface area contributed by atoms with E-state index in [0.717, 1.165) is 43.3 Å². The Morgan fingerprint density at radius 1 is 1.30 bits per heavy atom. The van der Waals surface area contributed by atoms with Gasteiger partial charge in [0.2, 0.25) is 0 Å². The van der Waals surface area contributed by atoms with E-state index in [4.69, 9.17) is 4.74 Å². The molecule has 3 atom stereocenters. The minimum atomic E-state index is -0.00453. The zero-order valence-corrected chi connectivity index (χ0v) is 14.2. The first-order chi connectivity index (χ1) is 11.0. The molecule has 0 spiro atoms. The number of morpholine rings is 1. The molecule has 2 aliphatic heterocycles. The van der Waals surface area contributed by atoms with Crippen LogP contribution in [0.3, 0.4) is 0 Å². The minimum Gasteiger partial charge on any atom is -0.375 e. The molecule has 3 fully saturated rings. The van der Waals surface area contributed by atoms with Crippen LogP contribution in [0.5, 0.6) is 0 Å². The Balaban J connectivity index is 1.39. The molecule has 1 aliphatic carbocycles. The maximum atomic E-state index is 12.6. The molecule has 0 unspecified atom stereocenters. The second kappa shape index (κ2) is 5.60. The maximum absolute atomic E-state index is 12.6. The van der Waals surface area contributed by atoms with E-state index in [-0.39, 0.29) is 11.9 Å². The van der Waals surface area contributed by atoms with E-state index >= 15 is 0 Å².